The van der Waals surface area contributed by atoms with Crippen molar-refractivity contribution in [3.05, 3.63) is 42.5 Å². The zero-order valence-corrected chi connectivity index (χ0v) is 13.0. The fourth-order valence-electron chi connectivity index (χ4n) is 2.29. The Balaban J connectivity index is 1.66. The first-order valence-electron chi connectivity index (χ1n) is 7.27. The van der Waals surface area contributed by atoms with Gasteiger partial charge in [-0.3, -0.25) is 4.79 Å². The molecule has 2 N–H and O–H groups in total. The molecule has 1 atom stereocenters. The molecule has 0 unspecified atom stereocenters. The van der Waals surface area contributed by atoms with Crippen molar-refractivity contribution in [3.8, 4) is 17.2 Å². The van der Waals surface area contributed by atoms with E-state index in [1.54, 1.807) is 26.2 Å². The molecular weight excluding hydrogens is 296 g/mol. The van der Waals surface area contributed by atoms with Gasteiger partial charge in [-0.05, 0) is 31.2 Å². The topological polar surface area (TPSA) is 68.8 Å². The van der Waals surface area contributed by atoms with Crippen molar-refractivity contribution in [3.63, 3.8) is 0 Å². The Hall–Kier alpha value is -2.89. The van der Waals surface area contributed by atoms with E-state index in [4.69, 9.17) is 14.2 Å². The number of fused-ring (bicyclic) bond motifs is 1. The molecule has 6 nitrogen and oxygen atoms in total. The highest BCUT2D eigenvalue weighted by atomic mass is 16.7. The van der Waals surface area contributed by atoms with Gasteiger partial charge in [0.15, 0.2) is 11.5 Å². The summed E-state index contributed by atoms with van der Waals surface area (Å²) in [6.45, 7) is 2.01. The fourth-order valence-corrected chi connectivity index (χ4v) is 2.29. The molecule has 0 saturated heterocycles. The summed E-state index contributed by atoms with van der Waals surface area (Å²) in [5, 5.41) is 5.99. The third kappa shape index (κ3) is 3.31. The van der Waals surface area contributed by atoms with Gasteiger partial charge in [-0.15, -0.1) is 0 Å². The van der Waals surface area contributed by atoms with Crippen LogP contribution in [0.4, 0.5) is 11.4 Å². The molecule has 6 heteroatoms. The first kappa shape index (κ1) is 15.0. The highest BCUT2D eigenvalue weighted by molar-refractivity contribution is 5.97. The molecule has 120 valence electrons. The lowest BCUT2D eigenvalue weighted by Gasteiger charge is -2.16. The van der Waals surface area contributed by atoms with Crippen LogP contribution in [0.2, 0.25) is 0 Å². The van der Waals surface area contributed by atoms with Crippen molar-refractivity contribution in [1.82, 2.24) is 0 Å². The Labute approximate surface area is 134 Å². The second-order valence-electron chi connectivity index (χ2n) is 5.12. The summed E-state index contributed by atoms with van der Waals surface area (Å²) < 4.78 is 15.8. The summed E-state index contributed by atoms with van der Waals surface area (Å²) in [5.41, 5.74) is 1.43. The Morgan fingerprint density at radius 2 is 1.96 bits per heavy atom. The second-order valence-corrected chi connectivity index (χ2v) is 5.12. The average Bonchev–Trinajstić information content (AvgIpc) is 3.03. The van der Waals surface area contributed by atoms with Gasteiger partial charge in [-0.1, -0.05) is 12.1 Å². The lowest BCUT2D eigenvalue weighted by Crippen LogP contribution is -2.31. The second kappa shape index (κ2) is 6.48. The van der Waals surface area contributed by atoms with Crippen LogP contribution < -0.4 is 24.8 Å². The van der Waals surface area contributed by atoms with E-state index in [9.17, 15) is 4.79 Å². The summed E-state index contributed by atoms with van der Waals surface area (Å²) in [6.07, 6.45) is 0. The van der Waals surface area contributed by atoms with Gasteiger partial charge in [0.25, 0.3) is 0 Å². The number of methoxy groups -OCH3 is 1. The number of rotatable bonds is 5. The number of benzene rings is 2. The van der Waals surface area contributed by atoms with Crippen LogP contribution in [0.1, 0.15) is 6.92 Å². The smallest absolute Gasteiger partial charge is 0.246 e. The van der Waals surface area contributed by atoms with Crippen LogP contribution >= 0.6 is 0 Å². The Kier molecular flexibility index (Phi) is 4.23. The fraction of sp³-hybridized carbons (Fsp3) is 0.235. The molecule has 0 saturated carbocycles. The summed E-state index contributed by atoms with van der Waals surface area (Å²) in [7, 11) is 1.57. The SMILES string of the molecule is COc1ccccc1NC(=O)[C@@H](C)Nc1ccc2c(c1)OCO2. The Morgan fingerprint density at radius 3 is 2.78 bits per heavy atom. The molecule has 23 heavy (non-hydrogen) atoms. The zero-order valence-electron chi connectivity index (χ0n) is 13.0. The van der Waals surface area contributed by atoms with Gasteiger partial charge in [-0.25, -0.2) is 0 Å². The number of amides is 1. The predicted molar refractivity (Wildman–Crippen MR) is 87.3 cm³/mol. The molecule has 1 amide bonds. The van der Waals surface area contributed by atoms with Crippen LogP contribution in [0, 0.1) is 0 Å². The summed E-state index contributed by atoms with van der Waals surface area (Å²) in [6, 6.07) is 12.3. The normalized spacial score (nSPS) is 13.3. The molecule has 2 aromatic carbocycles. The monoisotopic (exact) mass is 314 g/mol. The molecule has 0 fully saturated rings. The van der Waals surface area contributed by atoms with Crippen LogP contribution in [0.25, 0.3) is 0 Å². The number of ether oxygens (including phenoxy) is 3. The first-order chi connectivity index (χ1) is 11.2. The maximum atomic E-state index is 12.3. The van der Waals surface area contributed by atoms with Gasteiger partial charge in [0.05, 0.1) is 12.8 Å². The number of para-hydroxylation sites is 2. The van der Waals surface area contributed by atoms with Crippen molar-refractivity contribution >= 4 is 17.3 Å². The molecule has 1 aliphatic rings. The van der Waals surface area contributed by atoms with E-state index < -0.39 is 6.04 Å². The quantitative estimate of drug-likeness (QED) is 0.888. The van der Waals surface area contributed by atoms with Gasteiger partial charge in [-0.2, -0.15) is 0 Å². The van der Waals surface area contributed by atoms with Crippen LogP contribution in [0.5, 0.6) is 17.2 Å². The van der Waals surface area contributed by atoms with E-state index >= 15 is 0 Å². The largest absolute Gasteiger partial charge is 0.495 e. The van der Waals surface area contributed by atoms with Crippen molar-refractivity contribution in [1.29, 1.82) is 0 Å². The third-order valence-electron chi connectivity index (χ3n) is 3.51. The molecule has 0 spiro atoms. The molecule has 0 aliphatic carbocycles. The van der Waals surface area contributed by atoms with Crippen molar-refractivity contribution in [2.45, 2.75) is 13.0 Å². The molecule has 0 aromatic heterocycles. The Bertz CT molecular complexity index is 717. The van der Waals surface area contributed by atoms with E-state index in [1.807, 2.05) is 30.3 Å². The molecule has 2 aromatic rings. The maximum absolute atomic E-state index is 12.3. The third-order valence-corrected chi connectivity index (χ3v) is 3.51. The first-order valence-corrected chi connectivity index (χ1v) is 7.27. The number of hydrogen-bond acceptors (Lipinski definition) is 5. The van der Waals surface area contributed by atoms with Crippen LogP contribution in [-0.4, -0.2) is 25.9 Å². The average molecular weight is 314 g/mol. The number of carbonyl (C=O) groups excluding carboxylic acids is 1. The lowest BCUT2D eigenvalue weighted by atomic mass is 10.2. The van der Waals surface area contributed by atoms with E-state index in [-0.39, 0.29) is 12.7 Å². The molecule has 3 rings (SSSR count). The van der Waals surface area contributed by atoms with E-state index in [1.165, 1.54) is 0 Å². The number of hydrogen-bond donors (Lipinski definition) is 2. The zero-order chi connectivity index (χ0) is 16.2. The summed E-state index contributed by atoms with van der Waals surface area (Å²) >= 11 is 0. The van der Waals surface area contributed by atoms with Crippen LogP contribution in [-0.2, 0) is 4.79 Å². The molecule has 1 heterocycles. The molecular formula is C17H18N2O4. The van der Waals surface area contributed by atoms with Crippen molar-refractivity contribution < 1.29 is 19.0 Å². The van der Waals surface area contributed by atoms with E-state index in [0.29, 0.717) is 22.9 Å². The predicted octanol–water partition coefficient (Wildman–Crippen LogP) is 2.86. The molecule has 0 bridgehead atoms. The van der Waals surface area contributed by atoms with Crippen LogP contribution in [0.3, 0.4) is 0 Å². The van der Waals surface area contributed by atoms with Crippen molar-refractivity contribution in [2.75, 3.05) is 24.5 Å². The summed E-state index contributed by atoms with van der Waals surface area (Å²) in [4.78, 5) is 12.3. The van der Waals surface area contributed by atoms with Gasteiger partial charge in [0.1, 0.15) is 11.8 Å². The number of nitrogens with one attached hydrogen (secondary N) is 2. The van der Waals surface area contributed by atoms with Gasteiger partial charge in [0, 0.05) is 11.8 Å². The van der Waals surface area contributed by atoms with Gasteiger partial charge >= 0.3 is 0 Å². The highest BCUT2D eigenvalue weighted by Crippen LogP contribution is 2.34. The minimum Gasteiger partial charge on any atom is -0.495 e. The minimum absolute atomic E-state index is 0.160. The number of anilines is 2. The maximum Gasteiger partial charge on any atom is 0.246 e. The Morgan fingerprint density at radius 1 is 1.17 bits per heavy atom. The standard InChI is InChI=1S/C17H18N2O4/c1-11(17(20)19-13-5-3-4-6-14(13)21-2)18-12-7-8-15-16(9-12)23-10-22-15/h3-9,11,18H,10H2,1-2H3,(H,19,20)/t11-/m1/s1. The van der Waals surface area contributed by atoms with Gasteiger partial charge in [0.2, 0.25) is 12.7 Å². The highest BCUT2D eigenvalue weighted by Gasteiger charge is 2.17. The van der Waals surface area contributed by atoms with Crippen LogP contribution in [0.15, 0.2) is 42.5 Å². The number of carbonyl (C=O) groups is 1. The van der Waals surface area contributed by atoms with Gasteiger partial charge < -0.3 is 24.8 Å². The molecule has 0 radical (unpaired) electrons. The molecule has 1 aliphatic heterocycles. The van der Waals surface area contributed by atoms with Crippen molar-refractivity contribution in [2.24, 2.45) is 0 Å². The summed E-state index contributed by atoms with van der Waals surface area (Å²) in [5.74, 6) is 1.84. The van der Waals surface area contributed by atoms with E-state index in [2.05, 4.69) is 10.6 Å². The van der Waals surface area contributed by atoms with E-state index in [0.717, 1.165) is 5.69 Å². The lowest BCUT2D eigenvalue weighted by molar-refractivity contribution is -0.116. The minimum atomic E-state index is -0.430.